The fourth-order valence-corrected chi connectivity index (χ4v) is 5.71. The van der Waals surface area contributed by atoms with E-state index in [9.17, 15) is 27.9 Å². The molecule has 3 saturated heterocycles. The molecule has 5 atom stereocenters. The van der Waals surface area contributed by atoms with Crippen LogP contribution in [-0.4, -0.2) is 88.2 Å². The number of aliphatic hydroxyl groups excluding tert-OH is 1. The van der Waals surface area contributed by atoms with Crippen LogP contribution in [0.15, 0.2) is 10.9 Å². The molecular formula is C21H28F3N5O4. The molecule has 5 heterocycles. The molecule has 1 aromatic rings. The third kappa shape index (κ3) is 3.96. The molecule has 5 rings (SSSR count). The highest BCUT2D eigenvalue weighted by molar-refractivity contribution is 5.82. The van der Waals surface area contributed by atoms with E-state index in [1.807, 2.05) is 6.92 Å². The highest BCUT2D eigenvalue weighted by Gasteiger charge is 2.49. The van der Waals surface area contributed by atoms with Crippen LogP contribution in [0.2, 0.25) is 0 Å². The van der Waals surface area contributed by atoms with Crippen LogP contribution < -0.4 is 15.4 Å². The highest BCUT2D eigenvalue weighted by atomic mass is 19.4. The lowest BCUT2D eigenvalue weighted by molar-refractivity contribution is -0.155. The van der Waals surface area contributed by atoms with Gasteiger partial charge in [0.2, 0.25) is 11.9 Å². The number of carbonyl (C=O) groups is 1. The minimum atomic E-state index is -4.58. The summed E-state index contributed by atoms with van der Waals surface area (Å²) < 4.78 is 48.7. The van der Waals surface area contributed by atoms with Gasteiger partial charge in [0.15, 0.2) is 0 Å². The first-order chi connectivity index (χ1) is 15.6. The van der Waals surface area contributed by atoms with Crippen LogP contribution in [-0.2, 0) is 16.1 Å². The predicted molar refractivity (Wildman–Crippen MR) is 112 cm³/mol. The van der Waals surface area contributed by atoms with Crippen molar-refractivity contribution in [2.24, 2.45) is 0 Å². The van der Waals surface area contributed by atoms with Crippen molar-refractivity contribution in [3.8, 4) is 0 Å². The Morgan fingerprint density at radius 2 is 1.94 bits per heavy atom. The molecule has 182 valence electrons. The average Bonchev–Trinajstić information content (AvgIpc) is 3.21. The molecular weight excluding hydrogens is 443 g/mol. The first-order valence-electron chi connectivity index (χ1n) is 11.4. The van der Waals surface area contributed by atoms with Gasteiger partial charge in [-0.05, 0) is 32.6 Å². The summed E-state index contributed by atoms with van der Waals surface area (Å²) in [6.07, 6.45) is -3.50. The Hall–Kier alpha value is -2.34. The van der Waals surface area contributed by atoms with Crippen LogP contribution >= 0.6 is 0 Å². The number of morpholine rings is 1. The Bertz CT molecular complexity index is 970. The summed E-state index contributed by atoms with van der Waals surface area (Å²) in [4.78, 5) is 34.9. The topological polar surface area (TPSA) is 91.1 Å². The quantitative estimate of drug-likeness (QED) is 0.695. The first kappa shape index (κ1) is 22.5. The van der Waals surface area contributed by atoms with Crippen LogP contribution in [0.1, 0.15) is 32.6 Å². The first-order valence-corrected chi connectivity index (χ1v) is 11.4. The van der Waals surface area contributed by atoms with Crippen LogP contribution in [0.4, 0.5) is 24.9 Å². The number of amides is 1. The van der Waals surface area contributed by atoms with Gasteiger partial charge >= 0.3 is 6.18 Å². The summed E-state index contributed by atoms with van der Waals surface area (Å²) in [5, 5.41) is 9.99. The zero-order valence-corrected chi connectivity index (χ0v) is 18.4. The number of aromatic nitrogens is 2. The van der Waals surface area contributed by atoms with Crippen LogP contribution in [0.3, 0.4) is 0 Å². The van der Waals surface area contributed by atoms with Gasteiger partial charge in [0.05, 0.1) is 31.4 Å². The van der Waals surface area contributed by atoms with E-state index in [-0.39, 0.29) is 49.4 Å². The summed E-state index contributed by atoms with van der Waals surface area (Å²) in [7, 11) is 0. The van der Waals surface area contributed by atoms with Crippen LogP contribution in [0.25, 0.3) is 0 Å². The molecule has 0 spiro atoms. The van der Waals surface area contributed by atoms with Crippen LogP contribution in [0.5, 0.6) is 0 Å². The molecule has 1 aromatic heterocycles. The second-order valence-corrected chi connectivity index (χ2v) is 9.49. The highest BCUT2D eigenvalue weighted by Crippen LogP contribution is 2.36. The maximum atomic E-state index is 14.0. The molecule has 9 nitrogen and oxygen atoms in total. The lowest BCUT2D eigenvalue weighted by atomic mass is 10.1. The Balaban J connectivity index is 1.51. The zero-order chi connectivity index (χ0) is 23.5. The number of hydrogen-bond donors (Lipinski definition) is 1. The van der Waals surface area contributed by atoms with Crippen molar-refractivity contribution in [1.29, 1.82) is 0 Å². The molecule has 4 aliphatic rings. The molecule has 0 aliphatic carbocycles. The summed E-state index contributed by atoms with van der Waals surface area (Å²) in [6, 6.07) is -0.980. The fourth-order valence-electron chi connectivity index (χ4n) is 5.71. The Kier molecular flexibility index (Phi) is 5.55. The normalized spacial score (nSPS) is 31.8. The number of halogens is 3. The van der Waals surface area contributed by atoms with Crippen molar-refractivity contribution >= 4 is 17.7 Å². The van der Waals surface area contributed by atoms with Crippen molar-refractivity contribution in [1.82, 2.24) is 14.5 Å². The van der Waals surface area contributed by atoms with Gasteiger partial charge in [0.1, 0.15) is 18.4 Å². The summed E-state index contributed by atoms with van der Waals surface area (Å²) in [6.45, 7) is 2.25. The third-order valence-corrected chi connectivity index (χ3v) is 7.29. The summed E-state index contributed by atoms with van der Waals surface area (Å²) >= 11 is 0. The summed E-state index contributed by atoms with van der Waals surface area (Å²) in [5.74, 6) is -0.325. The van der Waals surface area contributed by atoms with Gasteiger partial charge in [-0.3, -0.25) is 14.2 Å². The second kappa shape index (κ2) is 8.15. The molecule has 12 heteroatoms. The Morgan fingerprint density at radius 1 is 1.24 bits per heavy atom. The van der Waals surface area contributed by atoms with Gasteiger partial charge in [0, 0.05) is 25.2 Å². The van der Waals surface area contributed by atoms with Gasteiger partial charge in [0.25, 0.3) is 5.56 Å². The van der Waals surface area contributed by atoms with Crippen molar-refractivity contribution < 1.29 is 27.8 Å². The minimum Gasteiger partial charge on any atom is -0.391 e. The van der Waals surface area contributed by atoms with E-state index in [1.165, 1.54) is 10.6 Å². The predicted octanol–water partition coefficient (Wildman–Crippen LogP) is 0.734. The molecule has 4 aliphatic heterocycles. The SMILES string of the molecule is C[C@@H]1C[C@H](O)CN1c1cc(=O)n2c(n1)N(CC(=O)N1C3CCC1COC3)[C@H](C(F)(F)F)CC2. The minimum absolute atomic E-state index is 0.115. The van der Waals surface area contributed by atoms with Gasteiger partial charge in [-0.2, -0.15) is 18.2 Å². The van der Waals surface area contributed by atoms with E-state index < -0.39 is 36.3 Å². The van der Waals surface area contributed by atoms with E-state index in [2.05, 4.69) is 4.98 Å². The van der Waals surface area contributed by atoms with E-state index in [0.717, 1.165) is 17.7 Å². The molecule has 33 heavy (non-hydrogen) atoms. The average molecular weight is 471 g/mol. The van der Waals surface area contributed by atoms with Crippen molar-refractivity contribution in [3.05, 3.63) is 16.4 Å². The lowest BCUT2D eigenvalue weighted by Crippen LogP contribution is -2.58. The number of alkyl halides is 3. The van der Waals surface area contributed by atoms with E-state index in [0.29, 0.717) is 19.6 Å². The Morgan fingerprint density at radius 3 is 2.55 bits per heavy atom. The van der Waals surface area contributed by atoms with Crippen molar-refractivity contribution in [2.75, 3.05) is 36.1 Å². The van der Waals surface area contributed by atoms with Crippen molar-refractivity contribution in [3.63, 3.8) is 0 Å². The van der Waals surface area contributed by atoms with E-state index in [4.69, 9.17) is 4.74 Å². The number of hydrogen-bond acceptors (Lipinski definition) is 7. The zero-order valence-electron chi connectivity index (χ0n) is 18.4. The molecule has 1 N–H and O–H groups in total. The van der Waals surface area contributed by atoms with Crippen molar-refractivity contribution in [2.45, 2.75) is 75.6 Å². The number of nitrogens with zero attached hydrogens (tertiary/aromatic N) is 5. The number of anilines is 2. The number of fused-ring (bicyclic) bond motifs is 3. The van der Waals surface area contributed by atoms with E-state index in [1.54, 1.807) is 9.80 Å². The number of aliphatic hydroxyl groups is 1. The van der Waals surface area contributed by atoms with Gasteiger partial charge in [-0.25, -0.2) is 0 Å². The molecule has 2 bridgehead atoms. The summed E-state index contributed by atoms with van der Waals surface area (Å²) in [5.41, 5.74) is -0.465. The molecule has 1 amide bonds. The van der Waals surface area contributed by atoms with Gasteiger partial charge in [-0.15, -0.1) is 0 Å². The maximum absolute atomic E-state index is 14.0. The standard InChI is InChI=1S/C21H28F3N5O4/c1-12-6-15(30)8-27(12)17-7-18(31)26-5-4-16(21(22,23)24)28(20(26)25-17)9-19(32)29-13-2-3-14(29)11-33-10-13/h7,12-16,30H,2-6,8-11H2,1H3/t12-,13?,14?,15+,16+/m1/s1. The molecule has 0 saturated carbocycles. The molecule has 0 aromatic carbocycles. The molecule has 3 fully saturated rings. The molecule has 2 unspecified atom stereocenters. The number of β-amino-alcohol motifs (C(OH)–C–C–N with tert-alkyl or cyclic N) is 1. The Labute approximate surface area is 188 Å². The number of ether oxygens (including phenoxy) is 1. The van der Waals surface area contributed by atoms with Gasteiger partial charge in [-0.1, -0.05) is 0 Å². The fraction of sp³-hybridized carbons (Fsp3) is 0.762. The largest absolute Gasteiger partial charge is 0.408 e. The third-order valence-electron chi connectivity index (χ3n) is 7.29. The molecule has 0 radical (unpaired) electrons. The van der Waals surface area contributed by atoms with Crippen LogP contribution in [0, 0.1) is 0 Å². The maximum Gasteiger partial charge on any atom is 0.408 e. The number of rotatable bonds is 3. The monoisotopic (exact) mass is 471 g/mol. The van der Waals surface area contributed by atoms with Gasteiger partial charge < -0.3 is 24.5 Å². The number of carbonyl (C=O) groups excluding carboxylic acids is 1. The van der Waals surface area contributed by atoms with E-state index >= 15 is 0 Å². The lowest BCUT2D eigenvalue weighted by Gasteiger charge is -2.41. The smallest absolute Gasteiger partial charge is 0.391 e. The second-order valence-electron chi connectivity index (χ2n) is 9.49.